The van der Waals surface area contributed by atoms with Crippen molar-refractivity contribution in [3.63, 3.8) is 0 Å². The first-order valence-corrected chi connectivity index (χ1v) is 6.26. The van der Waals surface area contributed by atoms with Crippen LogP contribution in [0.15, 0.2) is 21.9 Å². The summed E-state index contributed by atoms with van der Waals surface area (Å²) in [6, 6.07) is 1.23. The highest BCUT2D eigenvalue weighted by atomic mass is 16.6. The normalized spacial score (nSPS) is 30.1. The highest BCUT2D eigenvalue weighted by molar-refractivity contribution is 4.94. The number of hydrogen-bond acceptors (Lipinski definition) is 6. The molecule has 2 rings (SSSR count). The van der Waals surface area contributed by atoms with Gasteiger partial charge < -0.3 is 19.5 Å². The van der Waals surface area contributed by atoms with E-state index in [-0.39, 0.29) is 0 Å². The van der Waals surface area contributed by atoms with Crippen LogP contribution in [0.1, 0.15) is 6.23 Å². The van der Waals surface area contributed by atoms with Gasteiger partial charge in [0.2, 0.25) is 0 Å². The Bertz CT molecular complexity index is 567. The monoisotopic (exact) mass is 285 g/mol. The number of nitrogens with zero attached hydrogens (tertiary/aromatic N) is 2. The fourth-order valence-corrected chi connectivity index (χ4v) is 2.34. The van der Waals surface area contributed by atoms with Crippen molar-refractivity contribution in [1.29, 1.82) is 0 Å². The van der Waals surface area contributed by atoms with Gasteiger partial charge in [0, 0.05) is 25.9 Å². The van der Waals surface area contributed by atoms with E-state index in [4.69, 9.17) is 9.47 Å². The lowest BCUT2D eigenvalue weighted by Crippen LogP contribution is -2.39. The van der Waals surface area contributed by atoms with Crippen molar-refractivity contribution in [3.8, 4) is 0 Å². The van der Waals surface area contributed by atoms with Crippen molar-refractivity contribution in [2.75, 3.05) is 27.7 Å². The van der Waals surface area contributed by atoms with Crippen molar-refractivity contribution in [2.45, 2.75) is 24.5 Å². The van der Waals surface area contributed by atoms with E-state index < -0.39 is 35.8 Å². The zero-order chi connectivity index (χ0) is 14.9. The Hall–Kier alpha value is -1.48. The summed E-state index contributed by atoms with van der Waals surface area (Å²) >= 11 is 0. The lowest BCUT2D eigenvalue weighted by Gasteiger charge is -2.20. The zero-order valence-electron chi connectivity index (χ0n) is 11.6. The molecule has 0 bridgehead atoms. The van der Waals surface area contributed by atoms with Gasteiger partial charge in [-0.2, -0.15) is 0 Å². The summed E-state index contributed by atoms with van der Waals surface area (Å²) in [6.07, 6.45) is -1.44. The van der Waals surface area contributed by atoms with Crippen LogP contribution in [-0.2, 0) is 9.47 Å². The van der Waals surface area contributed by atoms with Crippen LogP contribution in [0.5, 0.6) is 0 Å². The Morgan fingerprint density at radius 1 is 1.50 bits per heavy atom. The van der Waals surface area contributed by atoms with Crippen LogP contribution >= 0.6 is 0 Å². The van der Waals surface area contributed by atoms with Crippen LogP contribution in [0.3, 0.4) is 0 Å². The Morgan fingerprint density at radius 2 is 2.20 bits per heavy atom. The molecule has 0 aromatic carbocycles. The van der Waals surface area contributed by atoms with Crippen LogP contribution in [0, 0.1) is 0 Å². The molecule has 1 aromatic rings. The van der Waals surface area contributed by atoms with Crippen LogP contribution in [0.25, 0.3) is 0 Å². The van der Waals surface area contributed by atoms with Gasteiger partial charge in [-0.25, -0.2) is 4.79 Å². The minimum absolute atomic E-state index is 0.473. The molecule has 1 saturated heterocycles. The standard InChI is InChI=1S/C12H19N3O5/c1-14(2)6-7-9(17)10(19-3)11(20-7)15-5-4-8(16)13-12(15)18/h4-5,7,9-11,17H,6H2,1-3H3,(H,13,16,18)/t7-,9?,10?,11-/m1/s1. The molecule has 8 nitrogen and oxygen atoms in total. The molecule has 0 radical (unpaired) electrons. The summed E-state index contributed by atoms with van der Waals surface area (Å²) in [7, 11) is 5.16. The quantitative estimate of drug-likeness (QED) is 0.689. The number of aromatic amines is 1. The highest BCUT2D eigenvalue weighted by Crippen LogP contribution is 2.30. The van der Waals surface area contributed by atoms with Gasteiger partial charge in [-0.1, -0.05) is 0 Å². The number of methoxy groups -OCH3 is 1. The predicted octanol–water partition coefficient (Wildman–Crippen LogP) is -1.63. The van der Waals surface area contributed by atoms with Gasteiger partial charge in [-0.15, -0.1) is 0 Å². The van der Waals surface area contributed by atoms with Crippen LogP contribution in [0.2, 0.25) is 0 Å². The van der Waals surface area contributed by atoms with Crippen molar-refractivity contribution < 1.29 is 14.6 Å². The fraction of sp³-hybridized carbons (Fsp3) is 0.667. The number of H-pyrrole nitrogens is 1. The Balaban J connectivity index is 2.30. The SMILES string of the molecule is COC1C(O)[C@@H](CN(C)C)O[C@H]1n1ccc(=O)[nH]c1=O. The molecule has 1 aliphatic heterocycles. The number of aliphatic hydroxyl groups excluding tert-OH is 1. The smallest absolute Gasteiger partial charge is 0.330 e. The van der Waals surface area contributed by atoms with E-state index in [1.165, 1.54) is 23.9 Å². The summed E-state index contributed by atoms with van der Waals surface area (Å²) in [4.78, 5) is 26.9. The zero-order valence-corrected chi connectivity index (χ0v) is 11.6. The molecule has 1 aromatic heterocycles. The van der Waals surface area contributed by atoms with Crippen molar-refractivity contribution in [1.82, 2.24) is 14.5 Å². The van der Waals surface area contributed by atoms with Crippen LogP contribution < -0.4 is 11.2 Å². The van der Waals surface area contributed by atoms with Crippen molar-refractivity contribution >= 4 is 0 Å². The first-order chi connectivity index (χ1) is 9.43. The fourth-order valence-electron chi connectivity index (χ4n) is 2.34. The molecule has 1 aliphatic rings. The maximum absolute atomic E-state index is 11.8. The van der Waals surface area contributed by atoms with Gasteiger partial charge in [-0.3, -0.25) is 14.3 Å². The molecule has 112 valence electrons. The van der Waals surface area contributed by atoms with E-state index in [2.05, 4.69) is 4.98 Å². The van der Waals surface area contributed by atoms with E-state index in [1.54, 1.807) is 0 Å². The second kappa shape index (κ2) is 5.88. The summed E-state index contributed by atoms with van der Waals surface area (Å²) in [5, 5.41) is 10.2. The molecular weight excluding hydrogens is 266 g/mol. The molecule has 2 heterocycles. The molecule has 4 atom stereocenters. The number of ether oxygens (including phenoxy) is 2. The summed E-state index contributed by atoms with van der Waals surface area (Å²) in [6.45, 7) is 0.496. The van der Waals surface area contributed by atoms with Gasteiger partial charge >= 0.3 is 5.69 Å². The van der Waals surface area contributed by atoms with E-state index in [0.717, 1.165) is 0 Å². The molecule has 20 heavy (non-hydrogen) atoms. The van der Waals surface area contributed by atoms with E-state index >= 15 is 0 Å². The Labute approximate surface area is 115 Å². The molecule has 0 saturated carbocycles. The second-order valence-corrected chi connectivity index (χ2v) is 5.04. The minimum Gasteiger partial charge on any atom is -0.387 e. The molecule has 0 spiro atoms. The maximum Gasteiger partial charge on any atom is 0.330 e. The van der Waals surface area contributed by atoms with Gasteiger partial charge in [0.05, 0.1) is 0 Å². The number of rotatable bonds is 4. The Kier molecular flexibility index (Phi) is 4.39. The Morgan fingerprint density at radius 3 is 2.75 bits per heavy atom. The number of aromatic nitrogens is 2. The molecule has 2 unspecified atom stereocenters. The number of aliphatic hydroxyl groups is 1. The maximum atomic E-state index is 11.8. The molecule has 1 fully saturated rings. The predicted molar refractivity (Wildman–Crippen MR) is 70.6 cm³/mol. The number of hydrogen-bond donors (Lipinski definition) is 2. The first kappa shape index (κ1) is 14.9. The molecule has 8 heteroatoms. The third kappa shape index (κ3) is 2.83. The average Bonchev–Trinajstić information content (AvgIpc) is 2.65. The van der Waals surface area contributed by atoms with Gasteiger partial charge in [0.1, 0.15) is 18.3 Å². The average molecular weight is 285 g/mol. The summed E-state index contributed by atoms with van der Waals surface area (Å²) in [5.74, 6) is 0. The minimum atomic E-state index is -0.855. The van der Waals surface area contributed by atoms with Gasteiger partial charge in [-0.05, 0) is 14.1 Å². The molecular formula is C12H19N3O5. The third-order valence-electron chi connectivity index (χ3n) is 3.26. The number of likely N-dealkylation sites (N-methyl/N-ethyl adjacent to an activating group) is 1. The van der Waals surface area contributed by atoms with Gasteiger partial charge in [0.15, 0.2) is 6.23 Å². The van der Waals surface area contributed by atoms with Crippen LogP contribution in [-0.4, -0.2) is 65.6 Å². The molecule has 0 amide bonds. The molecule has 2 N–H and O–H groups in total. The molecule has 0 aliphatic carbocycles. The first-order valence-electron chi connectivity index (χ1n) is 6.26. The van der Waals surface area contributed by atoms with E-state index in [0.29, 0.717) is 6.54 Å². The second-order valence-electron chi connectivity index (χ2n) is 5.04. The van der Waals surface area contributed by atoms with E-state index in [9.17, 15) is 14.7 Å². The highest BCUT2D eigenvalue weighted by Gasteiger charge is 2.45. The van der Waals surface area contributed by atoms with Crippen molar-refractivity contribution in [3.05, 3.63) is 33.1 Å². The lowest BCUT2D eigenvalue weighted by atomic mass is 10.1. The van der Waals surface area contributed by atoms with Gasteiger partial charge in [0.25, 0.3) is 5.56 Å². The largest absolute Gasteiger partial charge is 0.387 e. The summed E-state index contributed by atoms with van der Waals surface area (Å²) in [5.41, 5.74) is -1.08. The summed E-state index contributed by atoms with van der Waals surface area (Å²) < 4.78 is 12.2. The third-order valence-corrected chi connectivity index (χ3v) is 3.26. The lowest BCUT2D eigenvalue weighted by molar-refractivity contribution is -0.0566. The number of nitrogens with one attached hydrogen (secondary N) is 1. The van der Waals surface area contributed by atoms with Crippen molar-refractivity contribution in [2.24, 2.45) is 0 Å². The van der Waals surface area contributed by atoms with Crippen LogP contribution in [0.4, 0.5) is 0 Å². The van der Waals surface area contributed by atoms with E-state index in [1.807, 2.05) is 19.0 Å². The topological polar surface area (TPSA) is 96.8 Å².